The number of hydrogen-bond donors (Lipinski definition) is 0. The van der Waals surface area contributed by atoms with Crippen molar-refractivity contribution < 1.29 is 4.74 Å². The maximum absolute atomic E-state index is 9.32. The molecule has 0 aliphatic heterocycles. The van der Waals surface area contributed by atoms with Crippen LogP contribution in [0.1, 0.15) is 19.4 Å². The van der Waals surface area contributed by atoms with Gasteiger partial charge in [0.05, 0.1) is 23.2 Å². The molecule has 0 aliphatic carbocycles. The fraction of sp³-hybridized carbons (Fsp3) is 0.333. The number of halogens is 1. The van der Waals surface area contributed by atoms with E-state index in [4.69, 9.17) is 16.3 Å². The number of methoxy groups -OCH3 is 1. The molecule has 0 atom stereocenters. The molecule has 0 N–H and O–H groups in total. The second kappa shape index (κ2) is 5.98. The highest BCUT2D eigenvalue weighted by Crippen LogP contribution is 2.31. The quantitative estimate of drug-likeness (QED) is 0.862. The Labute approximate surface area is 123 Å². The molecule has 5 heteroatoms. The van der Waals surface area contributed by atoms with Gasteiger partial charge in [-0.1, -0.05) is 11.6 Å². The molecule has 0 aliphatic rings. The Morgan fingerprint density at radius 1 is 1.30 bits per heavy atom. The molecule has 20 heavy (non-hydrogen) atoms. The van der Waals surface area contributed by atoms with E-state index in [0.717, 1.165) is 24.0 Å². The second-order valence-corrected chi connectivity index (χ2v) is 4.73. The van der Waals surface area contributed by atoms with Gasteiger partial charge < -0.3 is 9.64 Å². The third-order valence-electron chi connectivity index (χ3n) is 3.25. The summed E-state index contributed by atoms with van der Waals surface area (Å²) < 4.78 is 5.19. The topological polar surface area (TPSA) is 49.2 Å². The average molecular weight is 290 g/mol. The first-order valence-electron chi connectivity index (χ1n) is 6.47. The van der Waals surface area contributed by atoms with E-state index in [0.29, 0.717) is 22.2 Å². The van der Waals surface area contributed by atoms with Gasteiger partial charge >= 0.3 is 0 Å². The zero-order valence-electron chi connectivity index (χ0n) is 11.8. The Morgan fingerprint density at radius 2 is 2.00 bits per heavy atom. The fourth-order valence-electron chi connectivity index (χ4n) is 2.17. The zero-order valence-corrected chi connectivity index (χ0v) is 12.5. The number of hydrogen-bond acceptors (Lipinski definition) is 4. The van der Waals surface area contributed by atoms with E-state index >= 15 is 0 Å². The fourth-order valence-corrected chi connectivity index (χ4v) is 2.40. The number of nitriles is 1. The van der Waals surface area contributed by atoms with Gasteiger partial charge in [0.15, 0.2) is 0 Å². The summed E-state index contributed by atoms with van der Waals surface area (Å²) >= 11 is 6.13. The largest absolute Gasteiger partial charge is 0.495 e. The minimum absolute atomic E-state index is 0.516. The lowest BCUT2D eigenvalue weighted by atomic mass is 10.1. The molecule has 0 saturated carbocycles. The summed E-state index contributed by atoms with van der Waals surface area (Å²) in [5, 5.41) is 10.7. The van der Waals surface area contributed by atoms with Crippen LogP contribution in [0.25, 0.3) is 10.9 Å². The first-order valence-corrected chi connectivity index (χ1v) is 6.85. The van der Waals surface area contributed by atoms with E-state index in [-0.39, 0.29) is 0 Å². The van der Waals surface area contributed by atoms with Crippen molar-refractivity contribution in [3.63, 3.8) is 0 Å². The molecule has 4 nitrogen and oxygen atoms in total. The van der Waals surface area contributed by atoms with Crippen LogP contribution in [0.2, 0.25) is 5.02 Å². The Morgan fingerprint density at radius 3 is 2.55 bits per heavy atom. The molecular formula is C15H16ClN3O. The van der Waals surface area contributed by atoms with Crippen LogP contribution in [0.5, 0.6) is 5.75 Å². The molecule has 2 aromatic rings. The summed E-state index contributed by atoms with van der Waals surface area (Å²) in [7, 11) is 1.57. The third-order valence-corrected chi connectivity index (χ3v) is 3.55. The van der Waals surface area contributed by atoms with Crippen LogP contribution in [0, 0.1) is 11.3 Å². The van der Waals surface area contributed by atoms with Crippen molar-refractivity contribution >= 4 is 28.3 Å². The third kappa shape index (κ3) is 2.50. The molecule has 0 saturated heterocycles. The number of rotatable bonds is 4. The minimum atomic E-state index is 0.516. The van der Waals surface area contributed by atoms with Crippen LogP contribution in [-0.4, -0.2) is 25.2 Å². The van der Waals surface area contributed by atoms with E-state index in [2.05, 4.69) is 16.0 Å². The SMILES string of the molecule is CCN(CC)c1nc2cc(Cl)c(OC)cc2cc1C#N. The molecule has 0 unspecified atom stereocenters. The van der Waals surface area contributed by atoms with Gasteiger partial charge in [-0.25, -0.2) is 4.98 Å². The molecule has 104 valence electrons. The van der Waals surface area contributed by atoms with Gasteiger partial charge in [-0.2, -0.15) is 5.26 Å². The Kier molecular flexibility index (Phi) is 4.31. The molecule has 0 bridgehead atoms. The van der Waals surface area contributed by atoms with Crippen molar-refractivity contribution in [1.29, 1.82) is 5.26 Å². The van der Waals surface area contributed by atoms with Crippen molar-refractivity contribution in [3.05, 3.63) is 28.8 Å². The maximum Gasteiger partial charge on any atom is 0.147 e. The average Bonchev–Trinajstić information content (AvgIpc) is 2.47. The Balaban J connectivity index is 2.69. The first kappa shape index (κ1) is 14.4. The molecule has 1 aromatic carbocycles. The summed E-state index contributed by atoms with van der Waals surface area (Å²) in [6.07, 6.45) is 0. The highest BCUT2D eigenvalue weighted by molar-refractivity contribution is 6.32. The lowest BCUT2D eigenvalue weighted by molar-refractivity contribution is 0.415. The van der Waals surface area contributed by atoms with E-state index in [9.17, 15) is 5.26 Å². The predicted octanol–water partition coefficient (Wildman–Crippen LogP) is 3.61. The van der Waals surface area contributed by atoms with E-state index in [1.807, 2.05) is 19.9 Å². The van der Waals surface area contributed by atoms with E-state index < -0.39 is 0 Å². The number of pyridine rings is 1. The first-order chi connectivity index (χ1) is 9.64. The molecule has 0 amide bonds. The van der Waals surface area contributed by atoms with Crippen molar-refractivity contribution in [1.82, 2.24) is 4.98 Å². The zero-order chi connectivity index (χ0) is 14.7. The van der Waals surface area contributed by atoms with Crippen LogP contribution in [0.15, 0.2) is 18.2 Å². The highest BCUT2D eigenvalue weighted by Gasteiger charge is 2.13. The molecule has 1 aromatic heterocycles. The standard InChI is InChI=1S/C15H16ClN3O/c1-4-19(5-2)15-11(9-17)6-10-7-14(20-3)12(16)8-13(10)18-15/h6-8H,4-5H2,1-3H3. The molecule has 0 fully saturated rings. The van der Waals surface area contributed by atoms with Gasteiger partial charge in [-0.15, -0.1) is 0 Å². The van der Waals surface area contributed by atoms with Crippen LogP contribution >= 0.6 is 11.6 Å². The summed E-state index contributed by atoms with van der Waals surface area (Å²) in [6, 6.07) is 7.61. The summed E-state index contributed by atoms with van der Waals surface area (Å²) in [6.45, 7) is 5.68. The lowest BCUT2D eigenvalue weighted by Crippen LogP contribution is -2.24. The van der Waals surface area contributed by atoms with E-state index in [1.54, 1.807) is 19.2 Å². The predicted molar refractivity (Wildman–Crippen MR) is 81.6 cm³/mol. The van der Waals surface area contributed by atoms with Crippen molar-refractivity contribution in [2.45, 2.75) is 13.8 Å². The lowest BCUT2D eigenvalue weighted by Gasteiger charge is -2.21. The normalized spacial score (nSPS) is 10.3. The summed E-state index contributed by atoms with van der Waals surface area (Å²) in [4.78, 5) is 6.64. The highest BCUT2D eigenvalue weighted by atomic mass is 35.5. The number of benzene rings is 1. The van der Waals surface area contributed by atoms with Gasteiger partial charge in [0.25, 0.3) is 0 Å². The van der Waals surface area contributed by atoms with Gasteiger partial charge in [0, 0.05) is 18.5 Å². The number of fused-ring (bicyclic) bond motifs is 1. The molecule has 0 radical (unpaired) electrons. The summed E-state index contributed by atoms with van der Waals surface area (Å²) in [5.41, 5.74) is 1.32. The van der Waals surface area contributed by atoms with Crippen LogP contribution in [-0.2, 0) is 0 Å². The van der Waals surface area contributed by atoms with Gasteiger partial charge in [0.1, 0.15) is 17.6 Å². The number of nitrogens with zero attached hydrogens (tertiary/aromatic N) is 3. The Bertz CT molecular complexity index is 675. The number of ether oxygens (including phenoxy) is 1. The van der Waals surface area contributed by atoms with E-state index in [1.165, 1.54) is 0 Å². The van der Waals surface area contributed by atoms with Crippen molar-refractivity contribution in [2.75, 3.05) is 25.1 Å². The second-order valence-electron chi connectivity index (χ2n) is 4.32. The van der Waals surface area contributed by atoms with Crippen molar-refractivity contribution in [2.24, 2.45) is 0 Å². The summed E-state index contributed by atoms with van der Waals surface area (Å²) in [5.74, 6) is 1.28. The molecule has 2 rings (SSSR count). The van der Waals surface area contributed by atoms with Gasteiger partial charge in [-0.3, -0.25) is 0 Å². The van der Waals surface area contributed by atoms with Crippen molar-refractivity contribution in [3.8, 4) is 11.8 Å². The van der Waals surface area contributed by atoms with Crippen LogP contribution in [0.3, 0.4) is 0 Å². The molecule has 1 heterocycles. The van der Waals surface area contributed by atoms with Gasteiger partial charge in [-0.05, 0) is 32.0 Å². The van der Waals surface area contributed by atoms with Gasteiger partial charge in [0.2, 0.25) is 0 Å². The maximum atomic E-state index is 9.32. The number of aromatic nitrogens is 1. The monoisotopic (exact) mass is 289 g/mol. The minimum Gasteiger partial charge on any atom is -0.495 e. The van der Waals surface area contributed by atoms with Crippen LogP contribution in [0.4, 0.5) is 5.82 Å². The molecular weight excluding hydrogens is 274 g/mol. The number of anilines is 1. The molecule has 0 spiro atoms. The smallest absolute Gasteiger partial charge is 0.147 e. The Hall–Kier alpha value is -1.99. The van der Waals surface area contributed by atoms with Crippen LogP contribution < -0.4 is 9.64 Å².